The predicted molar refractivity (Wildman–Crippen MR) is 104 cm³/mol. The van der Waals surface area contributed by atoms with E-state index in [9.17, 15) is 0 Å². The van der Waals surface area contributed by atoms with E-state index in [0.717, 1.165) is 24.6 Å². The number of thiocarbonyl (C=S) groups is 1. The van der Waals surface area contributed by atoms with Gasteiger partial charge in [0.2, 0.25) is 0 Å². The van der Waals surface area contributed by atoms with Crippen LogP contribution in [0, 0.1) is 5.92 Å². The summed E-state index contributed by atoms with van der Waals surface area (Å²) in [6.45, 7) is 5.61. The number of nitrogens with zero attached hydrogens (tertiary/aromatic N) is 1. The van der Waals surface area contributed by atoms with Crippen molar-refractivity contribution in [1.29, 1.82) is 0 Å². The maximum atomic E-state index is 5.32. The van der Waals surface area contributed by atoms with Gasteiger partial charge in [-0.05, 0) is 73.7 Å². The molecule has 0 aromatic heterocycles. The molecule has 0 amide bonds. The molecule has 122 valence electrons. The van der Waals surface area contributed by atoms with Crippen molar-refractivity contribution < 1.29 is 0 Å². The van der Waals surface area contributed by atoms with E-state index in [0.29, 0.717) is 5.11 Å². The Balaban J connectivity index is 1.78. The maximum absolute atomic E-state index is 5.32. The van der Waals surface area contributed by atoms with Crippen LogP contribution in [0.15, 0.2) is 24.3 Å². The Bertz CT molecular complexity index is 453. The van der Waals surface area contributed by atoms with Gasteiger partial charge in [0.05, 0.1) is 0 Å². The minimum absolute atomic E-state index is 0.709. The van der Waals surface area contributed by atoms with E-state index in [2.05, 4.69) is 53.0 Å². The van der Waals surface area contributed by atoms with Gasteiger partial charge in [-0.2, -0.15) is 11.8 Å². The van der Waals surface area contributed by atoms with Crippen LogP contribution in [0.25, 0.3) is 0 Å². The second-order valence-corrected chi connectivity index (χ2v) is 7.34. The Morgan fingerprint density at radius 2 is 1.95 bits per heavy atom. The molecule has 1 aliphatic heterocycles. The van der Waals surface area contributed by atoms with E-state index in [1.807, 2.05) is 11.8 Å². The largest absolute Gasteiger partial charge is 0.372 e. The van der Waals surface area contributed by atoms with Gasteiger partial charge in [-0.1, -0.05) is 6.92 Å². The summed E-state index contributed by atoms with van der Waals surface area (Å²) in [5.74, 6) is 2.03. The van der Waals surface area contributed by atoms with Crippen molar-refractivity contribution in [3.63, 3.8) is 0 Å². The number of nitrogens with one attached hydrogen (secondary N) is 2. The van der Waals surface area contributed by atoms with Crippen LogP contribution in [0.2, 0.25) is 0 Å². The summed E-state index contributed by atoms with van der Waals surface area (Å²) < 4.78 is 0. The zero-order chi connectivity index (χ0) is 15.8. The van der Waals surface area contributed by atoms with Gasteiger partial charge in [0, 0.05) is 31.0 Å². The first-order valence-corrected chi connectivity index (χ1v) is 9.88. The highest BCUT2D eigenvalue weighted by atomic mass is 32.2. The van der Waals surface area contributed by atoms with Gasteiger partial charge in [-0.15, -0.1) is 0 Å². The van der Waals surface area contributed by atoms with Gasteiger partial charge in [0.1, 0.15) is 0 Å². The second-order valence-electron chi connectivity index (χ2n) is 5.94. The molecule has 0 radical (unpaired) electrons. The molecule has 5 heteroatoms. The lowest BCUT2D eigenvalue weighted by Crippen LogP contribution is -2.32. The van der Waals surface area contributed by atoms with E-state index in [1.165, 1.54) is 37.4 Å². The first-order chi connectivity index (χ1) is 10.7. The fourth-order valence-corrected chi connectivity index (χ4v) is 3.27. The van der Waals surface area contributed by atoms with Gasteiger partial charge in [0.25, 0.3) is 0 Å². The smallest absolute Gasteiger partial charge is 0.170 e. The molecule has 3 nitrogen and oxygen atoms in total. The van der Waals surface area contributed by atoms with E-state index in [4.69, 9.17) is 12.2 Å². The standard InChI is InChI=1S/C17H27N3S2/c1-14-8-11-20(12-9-14)16-6-4-15(5-7-16)19-17(21)18-10-3-13-22-2/h4-7,14H,3,8-13H2,1-2H3,(H2,18,19,21). The average molecular weight is 338 g/mol. The average Bonchev–Trinajstić information content (AvgIpc) is 2.53. The van der Waals surface area contributed by atoms with E-state index in [-0.39, 0.29) is 0 Å². The van der Waals surface area contributed by atoms with Crippen molar-refractivity contribution in [2.45, 2.75) is 26.2 Å². The van der Waals surface area contributed by atoms with Gasteiger partial charge in [-0.3, -0.25) is 0 Å². The summed E-state index contributed by atoms with van der Waals surface area (Å²) in [6.07, 6.45) is 5.85. The van der Waals surface area contributed by atoms with Gasteiger partial charge in [0.15, 0.2) is 5.11 Å². The third-order valence-electron chi connectivity index (χ3n) is 4.08. The molecule has 1 fully saturated rings. The Morgan fingerprint density at radius 3 is 2.59 bits per heavy atom. The van der Waals surface area contributed by atoms with Crippen LogP contribution in [0.4, 0.5) is 11.4 Å². The van der Waals surface area contributed by atoms with Crippen molar-refractivity contribution >= 4 is 40.5 Å². The first kappa shape index (κ1) is 17.4. The third-order valence-corrected chi connectivity index (χ3v) is 5.03. The highest BCUT2D eigenvalue weighted by Gasteiger charge is 2.15. The summed E-state index contributed by atoms with van der Waals surface area (Å²) in [5.41, 5.74) is 2.37. The molecule has 2 rings (SSSR count). The number of piperidine rings is 1. The number of thioether (sulfide) groups is 1. The van der Waals surface area contributed by atoms with Gasteiger partial charge >= 0.3 is 0 Å². The van der Waals surface area contributed by atoms with E-state index in [1.54, 1.807) is 0 Å². The summed E-state index contributed by atoms with van der Waals surface area (Å²) in [6, 6.07) is 8.61. The quantitative estimate of drug-likeness (QED) is 0.605. The van der Waals surface area contributed by atoms with Crippen LogP contribution in [-0.2, 0) is 0 Å². The SMILES string of the molecule is CSCCCNC(=S)Nc1ccc(N2CCC(C)CC2)cc1. The Hall–Kier alpha value is -0.940. The monoisotopic (exact) mass is 337 g/mol. The normalized spacial score (nSPS) is 15.6. The topological polar surface area (TPSA) is 27.3 Å². The highest BCUT2D eigenvalue weighted by molar-refractivity contribution is 7.98. The van der Waals surface area contributed by atoms with Crippen molar-refractivity contribution in [3.8, 4) is 0 Å². The number of anilines is 2. The molecular weight excluding hydrogens is 310 g/mol. The summed E-state index contributed by atoms with van der Waals surface area (Å²) in [7, 11) is 0. The molecule has 22 heavy (non-hydrogen) atoms. The Kier molecular flexibility index (Phi) is 7.33. The van der Waals surface area contributed by atoms with E-state index < -0.39 is 0 Å². The van der Waals surface area contributed by atoms with Crippen LogP contribution < -0.4 is 15.5 Å². The second kappa shape index (κ2) is 9.26. The van der Waals surface area contributed by atoms with Crippen molar-refractivity contribution in [1.82, 2.24) is 5.32 Å². The summed E-state index contributed by atoms with van der Waals surface area (Å²) in [5, 5.41) is 7.21. The van der Waals surface area contributed by atoms with Crippen molar-refractivity contribution in [2.75, 3.05) is 41.9 Å². The molecule has 1 aromatic rings. The minimum atomic E-state index is 0.709. The number of hydrogen-bond acceptors (Lipinski definition) is 3. The lowest BCUT2D eigenvalue weighted by molar-refractivity contribution is 0.438. The Morgan fingerprint density at radius 1 is 1.27 bits per heavy atom. The number of hydrogen-bond donors (Lipinski definition) is 2. The van der Waals surface area contributed by atoms with Crippen LogP contribution in [0.3, 0.4) is 0 Å². The lowest BCUT2D eigenvalue weighted by atomic mass is 9.99. The summed E-state index contributed by atoms with van der Waals surface area (Å²) >= 11 is 7.18. The molecule has 0 aliphatic carbocycles. The van der Waals surface area contributed by atoms with Crippen LogP contribution in [0.1, 0.15) is 26.2 Å². The molecule has 0 spiro atoms. The predicted octanol–water partition coefficient (Wildman–Crippen LogP) is 3.96. The highest BCUT2D eigenvalue weighted by Crippen LogP contribution is 2.24. The molecule has 1 saturated heterocycles. The number of rotatable bonds is 6. The molecule has 0 atom stereocenters. The zero-order valence-electron chi connectivity index (χ0n) is 13.6. The van der Waals surface area contributed by atoms with Gasteiger partial charge in [-0.25, -0.2) is 0 Å². The van der Waals surface area contributed by atoms with Crippen LogP contribution >= 0.6 is 24.0 Å². The van der Waals surface area contributed by atoms with Crippen LogP contribution in [-0.4, -0.2) is 36.8 Å². The molecule has 0 bridgehead atoms. The molecule has 1 aromatic carbocycles. The molecule has 1 aliphatic rings. The van der Waals surface area contributed by atoms with Crippen molar-refractivity contribution in [3.05, 3.63) is 24.3 Å². The fraction of sp³-hybridized carbons (Fsp3) is 0.588. The third kappa shape index (κ3) is 5.69. The fourth-order valence-electron chi connectivity index (χ4n) is 2.62. The molecule has 0 saturated carbocycles. The van der Waals surface area contributed by atoms with Crippen molar-refractivity contribution in [2.24, 2.45) is 5.92 Å². The summed E-state index contributed by atoms with van der Waals surface area (Å²) in [4.78, 5) is 2.47. The molecule has 1 heterocycles. The lowest BCUT2D eigenvalue weighted by Gasteiger charge is -2.32. The number of benzene rings is 1. The Labute approximate surface area is 144 Å². The molecule has 0 unspecified atom stereocenters. The van der Waals surface area contributed by atoms with Gasteiger partial charge < -0.3 is 15.5 Å². The van der Waals surface area contributed by atoms with Crippen LogP contribution in [0.5, 0.6) is 0 Å². The zero-order valence-corrected chi connectivity index (χ0v) is 15.2. The minimum Gasteiger partial charge on any atom is -0.372 e. The molecule has 2 N–H and O–H groups in total. The first-order valence-electron chi connectivity index (χ1n) is 8.08. The van der Waals surface area contributed by atoms with E-state index >= 15 is 0 Å². The maximum Gasteiger partial charge on any atom is 0.170 e. The molecular formula is C17H27N3S2.